The van der Waals surface area contributed by atoms with Crippen LogP contribution in [0.25, 0.3) is 11.1 Å². The van der Waals surface area contributed by atoms with Crippen molar-refractivity contribution in [3.63, 3.8) is 0 Å². The van der Waals surface area contributed by atoms with Gasteiger partial charge in [0.25, 0.3) is 0 Å². The van der Waals surface area contributed by atoms with Crippen molar-refractivity contribution < 1.29 is 31.9 Å². The van der Waals surface area contributed by atoms with Gasteiger partial charge in [-0.3, -0.25) is 9.69 Å². The second-order valence-electron chi connectivity index (χ2n) is 7.41. The maximum Gasteiger partial charge on any atom is 0.414 e. The van der Waals surface area contributed by atoms with Crippen LogP contribution in [0.15, 0.2) is 60.7 Å². The predicted molar refractivity (Wildman–Crippen MR) is 119 cm³/mol. The number of hydrogen-bond donors (Lipinski definition) is 2. The molecule has 178 valence electrons. The number of rotatable bonds is 4. The van der Waals surface area contributed by atoms with Gasteiger partial charge in [0, 0.05) is 18.7 Å². The average molecular weight is 475 g/mol. The second kappa shape index (κ2) is 10.7. The molecule has 0 radical (unpaired) electrons. The molecule has 34 heavy (non-hydrogen) atoms. The molecule has 1 saturated heterocycles. The third-order valence-electron chi connectivity index (χ3n) is 4.74. The lowest BCUT2D eigenvalue weighted by Gasteiger charge is -2.15. The van der Waals surface area contributed by atoms with E-state index in [2.05, 4.69) is 5.32 Å². The zero-order valence-corrected chi connectivity index (χ0v) is 18.0. The quantitative estimate of drug-likeness (QED) is 0.425. The molecule has 1 aliphatic heterocycles. The molecular formula is C24H21F4N3O3. The van der Waals surface area contributed by atoms with Crippen LogP contribution in [-0.2, 0) is 9.53 Å². The third kappa shape index (κ3) is 6.25. The minimum Gasteiger partial charge on any atom is -0.442 e. The smallest absolute Gasteiger partial charge is 0.414 e. The zero-order chi connectivity index (χ0) is 24.8. The Morgan fingerprint density at radius 2 is 1.62 bits per heavy atom. The highest BCUT2D eigenvalue weighted by atomic mass is 19.1. The molecular weight excluding hydrogens is 454 g/mol. The summed E-state index contributed by atoms with van der Waals surface area (Å²) in [5, 5.41) is 2.54. The van der Waals surface area contributed by atoms with Crippen LogP contribution in [-0.4, -0.2) is 31.2 Å². The Morgan fingerprint density at radius 1 is 1.03 bits per heavy atom. The Bertz CT molecular complexity index is 1120. The van der Waals surface area contributed by atoms with Gasteiger partial charge in [-0.05, 0) is 29.8 Å². The normalized spacial score (nSPS) is 14.8. The highest BCUT2D eigenvalue weighted by Gasteiger charge is 2.33. The zero-order valence-electron chi connectivity index (χ0n) is 18.0. The van der Waals surface area contributed by atoms with E-state index >= 15 is 0 Å². The summed E-state index contributed by atoms with van der Waals surface area (Å²) in [6.07, 6.45) is -1.28. The second-order valence-corrected chi connectivity index (χ2v) is 7.41. The van der Waals surface area contributed by atoms with Gasteiger partial charge in [-0.1, -0.05) is 30.3 Å². The Balaban J connectivity index is 0.000000302. The summed E-state index contributed by atoms with van der Waals surface area (Å²) < 4.78 is 58.2. The van der Waals surface area contributed by atoms with E-state index in [-0.39, 0.29) is 35.9 Å². The van der Waals surface area contributed by atoms with Crippen LogP contribution in [0.3, 0.4) is 0 Å². The summed E-state index contributed by atoms with van der Waals surface area (Å²) in [5.74, 6) is -3.07. The largest absolute Gasteiger partial charge is 0.442 e. The van der Waals surface area contributed by atoms with E-state index in [1.807, 2.05) is 0 Å². The van der Waals surface area contributed by atoms with Crippen LogP contribution < -0.4 is 16.0 Å². The van der Waals surface area contributed by atoms with Gasteiger partial charge in [0.1, 0.15) is 29.4 Å². The number of amides is 2. The number of benzene rings is 3. The summed E-state index contributed by atoms with van der Waals surface area (Å²) in [4.78, 5) is 24.0. The molecule has 1 atom stereocenters. The summed E-state index contributed by atoms with van der Waals surface area (Å²) in [6, 6.07) is 13.4. The van der Waals surface area contributed by atoms with Gasteiger partial charge in [-0.15, -0.1) is 0 Å². The molecule has 1 unspecified atom stereocenters. The summed E-state index contributed by atoms with van der Waals surface area (Å²) in [7, 11) is 0. The maximum absolute atomic E-state index is 14.5. The van der Waals surface area contributed by atoms with Crippen LogP contribution in [0.1, 0.15) is 6.92 Å². The van der Waals surface area contributed by atoms with Crippen molar-refractivity contribution in [2.24, 2.45) is 0 Å². The number of nitrogens with two attached hydrogens (primary N) is 1. The standard InChI is InChI=1S/C18H16F2N2O3.C6H5F2N/c1-11(23)21-9-14-10-22(18(24)25-14)13-7-15(19)17(16(20)8-13)12-5-3-2-4-6-12;7-4-1-5(8)3-6(9)2-4/h2-8,14H,9-10H2,1H3,(H,21,23);1-3H,9H2. The first-order chi connectivity index (χ1) is 16.1. The van der Waals surface area contributed by atoms with E-state index in [1.165, 1.54) is 6.92 Å². The highest BCUT2D eigenvalue weighted by molar-refractivity contribution is 5.90. The molecule has 0 spiro atoms. The van der Waals surface area contributed by atoms with E-state index in [1.54, 1.807) is 30.3 Å². The fourth-order valence-electron chi connectivity index (χ4n) is 3.27. The van der Waals surface area contributed by atoms with E-state index < -0.39 is 35.5 Å². The van der Waals surface area contributed by atoms with Crippen molar-refractivity contribution in [1.29, 1.82) is 0 Å². The molecule has 0 aliphatic carbocycles. The maximum atomic E-state index is 14.5. The number of halogens is 4. The van der Waals surface area contributed by atoms with Gasteiger partial charge in [-0.2, -0.15) is 0 Å². The molecule has 3 N–H and O–H groups in total. The number of carbonyl (C=O) groups is 2. The van der Waals surface area contributed by atoms with Crippen molar-refractivity contribution in [3.05, 3.63) is 83.9 Å². The molecule has 6 nitrogen and oxygen atoms in total. The van der Waals surface area contributed by atoms with Gasteiger partial charge in [0.15, 0.2) is 0 Å². The first kappa shape index (κ1) is 24.6. The fraction of sp³-hybridized carbons (Fsp3) is 0.167. The Kier molecular flexibility index (Phi) is 7.72. The molecule has 1 aliphatic rings. The molecule has 1 fully saturated rings. The van der Waals surface area contributed by atoms with Crippen LogP contribution in [0, 0.1) is 23.3 Å². The topological polar surface area (TPSA) is 84.7 Å². The van der Waals surface area contributed by atoms with Gasteiger partial charge in [0.2, 0.25) is 5.91 Å². The lowest BCUT2D eigenvalue weighted by atomic mass is 10.0. The number of nitrogens with one attached hydrogen (secondary N) is 1. The molecule has 3 aromatic carbocycles. The number of nitrogens with zero attached hydrogens (tertiary/aromatic N) is 1. The van der Waals surface area contributed by atoms with Crippen molar-refractivity contribution in [3.8, 4) is 11.1 Å². The Hall–Kier alpha value is -4.08. The van der Waals surface area contributed by atoms with E-state index in [0.29, 0.717) is 5.56 Å². The predicted octanol–water partition coefficient (Wildman–Crippen LogP) is 4.64. The van der Waals surface area contributed by atoms with E-state index in [0.717, 1.165) is 35.2 Å². The number of hydrogen-bond acceptors (Lipinski definition) is 4. The Labute approximate surface area is 192 Å². The minimum atomic E-state index is -0.765. The van der Waals surface area contributed by atoms with E-state index in [4.69, 9.17) is 10.5 Å². The van der Waals surface area contributed by atoms with Crippen LogP contribution in [0.2, 0.25) is 0 Å². The van der Waals surface area contributed by atoms with Crippen LogP contribution >= 0.6 is 0 Å². The first-order valence-corrected chi connectivity index (χ1v) is 10.1. The lowest BCUT2D eigenvalue weighted by Crippen LogP contribution is -2.33. The molecule has 2 amide bonds. The molecule has 1 heterocycles. The van der Waals surface area contributed by atoms with Crippen molar-refractivity contribution in [2.75, 3.05) is 23.7 Å². The number of nitrogen functional groups attached to an aromatic ring is 1. The highest BCUT2D eigenvalue weighted by Crippen LogP contribution is 2.31. The van der Waals surface area contributed by atoms with Gasteiger partial charge >= 0.3 is 6.09 Å². The summed E-state index contributed by atoms with van der Waals surface area (Å²) in [5.41, 5.74) is 5.52. The van der Waals surface area contributed by atoms with Crippen molar-refractivity contribution in [2.45, 2.75) is 13.0 Å². The summed E-state index contributed by atoms with van der Waals surface area (Å²) in [6.45, 7) is 1.59. The van der Waals surface area contributed by atoms with Gasteiger partial charge in [-0.25, -0.2) is 22.4 Å². The third-order valence-corrected chi connectivity index (χ3v) is 4.74. The summed E-state index contributed by atoms with van der Waals surface area (Å²) >= 11 is 0. The SMILES string of the molecule is CC(=O)NCC1CN(c2cc(F)c(-c3ccccc3)c(F)c2)C(=O)O1.Nc1cc(F)cc(F)c1. The minimum absolute atomic E-state index is 0.0741. The molecule has 0 aromatic heterocycles. The molecule has 4 rings (SSSR count). The monoisotopic (exact) mass is 475 g/mol. The van der Waals surface area contributed by atoms with Crippen molar-refractivity contribution >= 4 is 23.4 Å². The fourth-order valence-corrected chi connectivity index (χ4v) is 3.27. The lowest BCUT2D eigenvalue weighted by molar-refractivity contribution is -0.119. The average Bonchev–Trinajstić information content (AvgIpc) is 3.12. The molecule has 0 bridgehead atoms. The van der Waals surface area contributed by atoms with Gasteiger partial charge in [0.05, 0.1) is 24.3 Å². The Morgan fingerprint density at radius 3 is 2.15 bits per heavy atom. The number of anilines is 2. The van der Waals surface area contributed by atoms with E-state index in [9.17, 15) is 27.2 Å². The van der Waals surface area contributed by atoms with Crippen LogP contribution in [0.5, 0.6) is 0 Å². The van der Waals surface area contributed by atoms with Crippen LogP contribution in [0.4, 0.5) is 33.7 Å². The molecule has 0 saturated carbocycles. The van der Waals surface area contributed by atoms with Gasteiger partial charge < -0.3 is 15.8 Å². The molecule has 10 heteroatoms. The number of ether oxygens (including phenoxy) is 1. The molecule has 3 aromatic rings. The number of cyclic esters (lactones) is 1. The first-order valence-electron chi connectivity index (χ1n) is 10.1. The van der Waals surface area contributed by atoms with Crippen molar-refractivity contribution in [1.82, 2.24) is 5.32 Å². The number of carbonyl (C=O) groups excluding carboxylic acids is 2.